The summed E-state index contributed by atoms with van der Waals surface area (Å²) in [4.78, 5) is 21.8. The number of methoxy groups -OCH3 is 2. The van der Waals surface area contributed by atoms with E-state index in [1.807, 2.05) is 0 Å². The number of nitrogens with one attached hydrogen (secondary N) is 1. The van der Waals surface area contributed by atoms with E-state index in [4.69, 9.17) is 13.9 Å². The summed E-state index contributed by atoms with van der Waals surface area (Å²) < 4.78 is 16.0. The minimum Gasteiger partial charge on any atom is -0.453 e. The minimum absolute atomic E-state index is 0.00698. The van der Waals surface area contributed by atoms with Crippen LogP contribution >= 0.6 is 0 Å². The Morgan fingerprint density at radius 2 is 2.36 bits per heavy atom. The third-order valence-electron chi connectivity index (χ3n) is 3.85. The lowest BCUT2D eigenvalue weighted by atomic mass is 10.2. The zero-order valence-corrected chi connectivity index (χ0v) is 12.6. The molecule has 7 heteroatoms. The first kappa shape index (κ1) is 14.8. The Kier molecular flexibility index (Phi) is 4.26. The van der Waals surface area contributed by atoms with E-state index in [1.54, 1.807) is 43.6 Å². The number of aromatic amines is 1. The molecule has 2 atom stereocenters. The summed E-state index contributed by atoms with van der Waals surface area (Å²) in [5.41, 5.74) is 0. The van der Waals surface area contributed by atoms with E-state index in [1.165, 1.54) is 0 Å². The zero-order valence-electron chi connectivity index (χ0n) is 12.6. The number of likely N-dealkylation sites (tertiary alicyclic amines) is 1. The fourth-order valence-corrected chi connectivity index (χ4v) is 2.77. The number of nitrogens with zero attached hydrogens (tertiary/aromatic N) is 2. The van der Waals surface area contributed by atoms with Gasteiger partial charge in [-0.25, -0.2) is 4.98 Å². The molecule has 2 aromatic heterocycles. The summed E-state index contributed by atoms with van der Waals surface area (Å²) in [6.07, 6.45) is 4.14. The van der Waals surface area contributed by atoms with Gasteiger partial charge in [0.05, 0.1) is 12.1 Å². The number of ether oxygens (including phenoxy) is 2. The molecular formula is C15H19N3O4. The Morgan fingerprint density at radius 3 is 3.05 bits per heavy atom. The fourth-order valence-electron chi connectivity index (χ4n) is 2.77. The number of imidazole rings is 1. The van der Waals surface area contributed by atoms with E-state index >= 15 is 0 Å². The normalized spacial score (nSPS) is 21.5. The summed E-state index contributed by atoms with van der Waals surface area (Å²) in [5, 5.41) is 0. The average molecular weight is 305 g/mol. The molecule has 1 aliphatic heterocycles. The summed E-state index contributed by atoms with van der Waals surface area (Å²) in [6, 6.07) is 3.29. The predicted molar refractivity (Wildman–Crippen MR) is 77.2 cm³/mol. The van der Waals surface area contributed by atoms with Gasteiger partial charge in [-0.15, -0.1) is 0 Å². The lowest BCUT2D eigenvalue weighted by Gasteiger charge is -2.21. The van der Waals surface area contributed by atoms with Gasteiger partial charge in [0.2, 0.25) is 0 Å². The Morgan fingerprint density at radius 1 is 1.50 bits per heavy atom. The zero-order chi connectivity index (χ0) is 15.5. The molecule has 1 fully saturated rings. The first-order valence-electron chi connectivity index (χ1n) is 7.13. The van der Waals surface area contributed by atoms with E-state index in [-0.39, 0.29) is 18.1 Å². The molecule has 3 heterocycles. The van der Waals surface area contributed by atoms with Gasteiger partial charge in [0.15, 0.2) is 5.76 Å². The number of carbonyl (C=O) groups is 1. The second-order valence-electron chi connectivity index (χ2n) is 5.24. The molecule has 1 unspecified atom stereocenters. The summed E-state index contributed by atoms with van der Waals surface area (Å²) >= 11 is 0. The molecule has 0 radical (unpaired) electrons. The van der Waals surface area contributed by atoms with Crippen LogP contribution in [0.2, 0.25) is 0 Å². The van der Waals surface area contributed by atoms with Crippen LogP contribution in [0.15, 0.2) is 28.9 Å². The van der Waals surface area contributed by atoms with Crippen molar-refractivity contribution in [1.82, 2.24) is 14.9 Å². The van der Waals surface area contributed by atoms with Crippen LogP contribution in [0.25, 0.3) is 0 Å². The van der Waals surface area contributed by atoms with Gasteiger partial charge < -0.3 is 23.8 Å². The largest absolute Gasteiger partial charge is 0.453 e. The van der Waals surface area contributed by atoms with Crippen molar-refractivity contribution in [2.45, 2.75) is 25.2 Å². The van der Waals surface area contributed by atoms with E-state index in [2.05, 4.69) is 9.97 Å². The molecule has 1 amide bonds. The van der Waals surface area contributed by atoms with Gasteiger partial charge in [0, 0.05) is 39.6 Å². The number of carbonyl (C=O) groups excluding carboxylic acids is 1. The number of rotatable bonds is 5. The third kappa shape index (κ3) is 2.77. The summed E-state index contributed by atoms with van der Waals surface area (Å²) in [6.45, 7) is 0.858. The predicted octanol–water partition coefficient (Wildman–Crippen LogP) is 1.75. The standard InChI is InChI=1S/C15H19N3O4/c1-20-9-10-3-4-13(22-10)15(19)18-8-11(21-2)7-12(18)14-16-5-6-17-14/h3-6,11-12H,7-9H2,1-2H3,(H,16,17)/t11-,12?/m1/s1. The molecule has 1 N–H and O–H groups in total. The molecule has 1 saturated heterocycles. The molecule has 0 saturated carbocycles. The van der Waals surface area contributed by atoms with Crippen LogP contribution in [-0.4, -0.2) is 47.6 Å². The van der Waals surface area contributed by atoms with Crippen molar-refractivity contribution >= 4 is 5.91 Å². The van der Waals surface area contributed by atoms with Crippen LogP contribution in [0.1, 0.15) is 34.6 Å². The quantitative estimate of drug-likeness (QED) is 0.910. The van der Waals surface area contributed by atoms with E-state index in [0.717, 1.165) is 5.82 Å². The van der Waals surface area contributed by atoms with Crippen LogP contribution < -0.4 is 0 Å². The maximum atomic E-state index is 12.7. The lowest BCUT2D eigenvalue weighted by molar-refractivity contribution is 0.0647. The number of amides is 1. The van der Waals surface area contributed by atoms with Gasteiger partial charge in [0.1, 0.15) is 18.2 Å². The van der Waals surface area contributed by atoms with Crippen LogP contribution in [0, 0.1) is 0 Å². The van der Waals surface area contributed by atoms with Crippen molar-refractivity contribution in [3.05, 3.63) is 41.9 Å². The SMILES string of the molecule is COCc1ccc(C(=O)N2C[C@H](OC)CC2c2ncc[nH]2)o1. The molecule has 0 bridgehead atoms. The second kappa shape index (κ2) is 6.33. The van der Waals surface area contributed by atoms with E-state index in [9.17, 15) is 4.79 Å². The molecule has 22 heavy (non-hydrogen) atoms. The van der Waals surface area contributed by atoms with E-state index in [0.29, 0.717) is 31.1 Å². The average Bonchev–Trinajstić information content (AvgIpc) is 3.26. The molecule has 0 aromatic carbocycles. The number of hydrogen-bond donors (Lipinski definition) is 1. The molecule has 0 spiro atoms. The summed E-state index contributed by atoms with van der Waals surface area (Å²) in [7, 11) is 3.24. The molecule has 118 valence electrons. The Hall–Kier alpha value is -2.12. The monoisotopic (exact) mass is 305 g/mol. The van der Waals surface area contributed by atoms with E-state index < -0.39 is 0 Å². The maximum Gasteiger partial charge on any atom is 0.290 e. The number of aromatic nitrogens is 2. The number of H-pyrrole nitrogens is 1. The highest BCUT2D eigenvalue weighted by atomic mass is 16.5. The molecule has 1 aliphatic rings. The number of hydrogen-bond acceptors (Lipinski definition) is 5. The number of furan rings is 1. The van der Waals surface area contributed by atoms with Crippen LogP contribution in [0.4, 0.5) is 0 Å². The highest BCUT2D eigenvalue weighted by molar-refractivity contribution is 5.92. The Bertz CT molecular complexity index is 623. The fraction of sp³-hybridized carbons (Fsp3) is 0.467. The molecule has 7 nitrogen and oxygen atoms in total. The lowest BCUT2D eigenvalue weighted by Crippen LogP contribution is -2.32. The minimum atomic E-state index is -0.164. The smallest absolute Gasteiger partial charge is 0.290 e. The van der Waals surface area contributed by atoms with Crippen molar-refractivity contribution < 1.29 is 18.7 Å². The van der Waals surface area contributed by atoms with Crippen molar-refractivity contribution in [2.75, 3.05) is 20.8 Å². The maximum absolute atomic E-state index is 12.7. The third-order valence-corrected chi connectivity index (χ3v) is 3.85. The van der Waals surface area contributed by atoms with Gasteiger partial charge in [-0.3, -0.25) is 4.79 Å². The van der Waals surface area contributed by atoms with Gasteiger partial charge in [-0.1, -0.05) is 0 Å². The first-order chi connectivity index (χ1) is 10.7. The van der Waals surface area contributed by atoms with Crippen molar-refractivity contribution in [3.8, 4) is 0 Å². The topological polar surface area (TPSA) is 80.6 Å². The van der Waals surface area contributed by atoms with Crippen molar-refractivity contribution in [2.24, 2.45) is 0 Å². The van der Waals surface area contributed by atoms with Gasteiger partial charge in [-0.2, -0.15) is 0 Å². The Labute approximate surface area is 128 Å². The molecule has 3 rings (SSSR count). The van der Waals surface area contributed by atoms with Crippen molar-refractivity contribution in [3.63, 3.8) is 0 Å². The van der Waals surface area contributed by atoms with Gasteiger partial charge >= 0.3 is 0 Å². The van der Waals surface area contributed by atoms with Gasteiger partial charge in [0.25, 0.3) is 5.91 Å². The van der Waals surface area contributed by atoms with Crippen LogP contribution in [-0.2, 0) is 16.1 Å². The first-order valence-corrected chi connectivity index (χ1v) is 7.13. The molecule has 0 aliphatic carbocycles. The van der Waals surface area contributed by atoms with Gasteiger partial charge in [-0.05, 0) is 12.1 Å². The van der Waals surface area contributed by atoms with Crippen molar-refractivity contribution in [1.29, 1.82) is 0 Å². The van der Waals surface area contributed by atoms with Crippen LogP contribution in [0.5, 0.6) is 0 Å². The summed E-state index contributed by atoms with van der Waals surface area (Å²) in [5.74, 6) is 1.53. The molecule has 2 aromatic rings. The highest BCUT2D eigenvalue weighted by Gasteiger charge is 2.39. The second-order valence-corrected chi connectivity index (χ2v) is 5.24. The van der Waals surface area contributed by atoms with Crippen LogP contribution in [0.3, 0.4) is 0 Å². The Balaban J connectivity index is 1.82. The molecular weight excluding hydrogens is 286 g/mol. The highest BCUT2D eigenvalue weighted by Crippen LogP contribution is 2.33.